The first kappa shape index (κ1) is 14.7. The maximum atomic E-state index is 12.4. The van der Waals surface area contributed by atoms with Gasteiger partial charge in [0.25, 0.3) is 0 Å². The Labute approximate surface area is 131 Å². The van der Waals surface area contributed by atoms with Crippen LogP contribution in [0.2, 0.25) is 0 Å². The second-order valence-electron chi connectivity index (χ2n) is 5.03. The second kappa shape index (κ2) is 5.87. The van der Waals surface area contributed by atoms with Gasteiger partial charge in [0.2, 0.25) is 17.7 Å². The molecular formula is C14H14N6O3. The fourth-order valence-electron chi connectivity index (χ4n) is 2.43. The van der Waals surface area contributed by atoms with Crippen LogP contribution in [0.1, 0.15) is 6.42 Å². The highest BCUT2D eigenvalue weighted by Gasteiger charge is 2.33. The Hall–Kier alpha value is -3.23. The maximum Gasteiger partial charge on any atom is 0.329 e. The Morgan fingerprint density at radius 1 is 1.35 bits per heavy atom. The molecule has 1 aliphatic rings. The Morgan fingerprint density at radius 3 is 2.74 bits per heavy atom. The summed E-state index contributed by atoms with van der Waals surface area (Å²) in [6.07, 6.45) is 1.60. The van der Waals surface area contributed by atoms with E-state index < -0.39 is 11.0 Å². The van der Waals surface area contributed by atoms with Gasteiger partial charge in [-0.25, -0.2) is 4.98 Å². The molecule has 118 valence electrons. The van der Waals surface area contributed by atoms with Gasteiger partial charge in [0.1, 0.15) is 12.2 Å². The number of para-hydroxylation sites is 1. The van der Waals surface area contributed by atoms with Gasteiger partial charge < -0.3 is 16.0 Å². The van der Waals surface area contributed by atoms with E-state index in [4.69, 9.17) is 5.73 Å². The van der Waals surface area contributed by atoms with E-state index in [-0.39, 0.29) is 23.4 Å². The molecular weight excluding hydrogens is 300 g/mol. The number of anilines is 3. The lowest BCUT2D eigenvalue weighted by atomic mass is 10.2. The summed E-state index contributed by atoms with van der Waals surface area (Å²) in [4.78, 5) is 31.8. The van der Waals surface area contributed by atoms with Crippen LogP contribution in [0.15, 0.2) is 36.5 Å². The van der Waals surface area contributed by atoms with Gasteiger partial charge in [-0.05, 0) is 18.6 Å². The topological polar surface area (TPSA) is 127 Å². The van der Waals surface area contributed by atoms with Gasteiger partial charge in [0.05, 0.1) is 4.92 Å². The first-order chi connectivity index (χ1) is 11.1. The minimum atomic E-state index is -0.656. The summed E-state index contributed by atoms with van der Waals surface area (Å²) in [5, 5.41) is 13.6. The molecule has 0 spiro atoms. The molecule has 9 heteroatoms. The molecule has 1 amide bonds. The van der Waals surface area contributed by atoms with Crippen LogP contribution in [0.5, 0.6) is 0 Å². The summed E-state index contributed by atoms with van der Waals surface area (Å²) in [6, 6.07) is 8.85. The maximum absolute atomic E-state index is 12.4. The summed E-state index contributed by atoms with van der Waals surface area (Å²) in [5.41, 5.74) is 5.98. The van der Waals surface area contributed by atoms with Crippen molar-refractivity contribution in [2.75, 3.05) is 22.5 Å². The number of carbonyl (C=O) groups is 1. The molecule has 1 fully saturated rings. The summed E-state index contributed by atoms with van der Waals surface area (Å²) in [5.74, 6) is -0.240. The van der Waals surface area contributed by atoms with Crippen LogP contribution in [0.25, 0.3) is 0 Å². The van der Waals surface area contributed by atoms with Gasteiger partial charge in [-0.2, -0.15) is 4.98 Å². The Morgan fingerprint density at radius 2 is 2.09 bits per heavy atom. The molecule has 1 aliphatic heterocycles. The van der Waals surface area contributed by atoms with E-state index in [0.29, 0.717) is 13.0 Å². The Bertz CT molecular complexity index is 751. The molecule has 23 heavy (non-hydrogen) atoms. The van der Waals surface area contributed by atoms with E-state index >= 15 is 0 Å². The van der Waals surface area contributed by atoms with Gasteiger partial charge in [0, 0.05) is 12.2 Å². The third-order valence-corrected chi connectivity index (χ3v) is 3.57. The normalized spacial score (nSPS) is 17.3. The lowest BCUT2D eigenvalue weighted by Gasteiger charge is -2.17. The number of nitrogens with one attached hydrogen (secondary N) is 1. The van der Waals surface area contributed by atoms with Crippen molar-refractivity contribution in [1.82, 2.24) is 9.97 Å². The van der Waals surface area contributed by atoms with Crippen molar-refractivity contribution in [3.05, 3.63) is 46.6 Å². The first-order valence-electron chi connectivity index (χ1n) is 6.96. The molecule has 1 unspecified atom stereocenters. The predicted octanol–water partition coefficient (Wildman–Crippen LogP) is 1.18. The zero-order valence-corrected chi connectivity index (χ0v) is 12.0. The quantitative estimate of drug-likeness (QED) is 0.640. The third kappa shape index (κ3) is 2.89. The number of nitrogen functional groups attached to an aromatic ring is 1. The summed E-state index contributed by atoms with van der Waals surface area (Å²) < 4.78 is 0. The molecule has 1 atom stereocenters. The molecule has 1 saturated heterocycles. The molecule has 2 aromatic rings. The van der Waals surface area contributed by atoms with E-state index in [2.05, 4.69) is 15.3 Å². The lowest BCUT2D eigenvalue weighted by Crippen LogP contribution is -2.33. The fraction of sp³-hybridized carbons (Fsp3) is 0.214. The monoisotopic (exact) mass is 314 g/mol. The van der Waals surface area contributed by atoms with Crippen molar-refractivity contribution >= 4 is 29.0 Å². The number of rotatable bonds is 4. The predicted molar refractivity (Wildman–Crippen MR) is 83.9 cm³/mol. The van der Waals surface area contributed by atoms with Gasteiger partial charge in [-0.1, -0.05) is 18.2 Å². The number of nitro groups is 1. The highest BCUT2D eigenvalue weighted by atomic mass is 16.6. The summed E-state index contributed by atoms with van der Waals surface area (Å²) >= 11 is 0. The number of carbonyl (C=O) groups excluding carboxylic acids is 1. The van der Waals surface area contributed by atoms with Crippen molar-refractivity contribution in [1.29, 1.82) is 0 Å². The van der Waals surface area contributed by atoms with Crippen molar-refractivity contribution < 1.29 is 9.72 Å². The van der Waals surface area contributed by atoms with Gasteiger partial charge in [-0.3, -0.25) is 14.9 Å². The smallest absolute Gasteiger partial charge is 0.329 e. The number of aromatic nitrogens is 2. The zero-order valence-electron chi connectivity index (χ0n) is 12.0. The van der Waals surface area contributed by atoms with Crippen molar-refractivity contribution in [3.63, 3.8) is 0 Å². The minimum absolute atomic E-state index is 0.0985. The molecule has 0 saturated carbocycles. The number of nitrogens with zero attached hydrogens (tertiary/aromatic N) is 4. The van der Waals surface area contributed by atoms with E-state index in [9.17, 15) is 14.9 Å². The van der Waals surface area contributed by atoms with E-state index in [0.717, 1.165) is 11.9 Å². The fourth-order valence-corrected chi connectivity index (χ4v) is 2.43. The number of benzene rings is 1. The number of hydrogen-bond acceptors (Lipinski definition) is 7. The number of hydrogen-bond donors (Lipinski definition) is 2. The van der Waals surface area contributed by atoms with Crippen molar-refractivity contribution in [2.45, 2.75) is 12.5 Å². The summed E-state index contributed by atoms with van der Waals surface area (Å²) in [6.45, 7) is 0.572. The second-order valence-corrected chi connectivity index (χ2v) is 5.03. The molecule has 3 rings (SSSR count). The Kier molecular flexibility index (Phi) is 3.75. The SMILES string of the molecule is Nc1nc(NC2CCN(c3ccccc3)C2=O)ncc1[N+](=O)[O-]. The van der Waals surface area contributed by atoms with Crippen LogP contribution in [0, 0.1) is 10.1 Å². The highest BCUT2D eigenvalue weighted by molar-refractivity contribution is 6.00. The Balaban J connectivity index is 1.73. The molecule has 9 nitrogen and oxygen atoms in total. The standard InChI is InChI=1S/C14H14N6O3/c15-12-11(20(22)23)8-16-14(18-12)17-10-6-7-19(13(10)21)9-4-2-1-3-5-9/h1-5,8,10H,6-7H2,(H3,15,16,17,18). The van der Waals surface area contributed by atoms with E-state index in [1.807, 2.05) is 30.3 Å². The van der Waals surface area contributed by atoms with Gasteiger partial charge in [-0.15, -0.1) is 0 Å². The zero-order chi connectivity index (χ0) is 16.4. The first-order valence-corrected chi connectivity index (χ1v) is 6.96. The molecule has 3 N–H and O–H groups in total. The van der Waals surface area contributed by atoms with Gasteiger partial charge >= 0.3 is 5.69 Å². The lowest BCUT2D eigenvalue weighted by molar-refractivity contribution is -0.384. The van der Waals surface area contributed by atoms with Crippen molar-refractivity contribution in [2.24, 2.45) is 0 Å². The number of amides is 1. The molecule has 0 aliphatic carbocycles. The average molecular weight is 314 g/mol. The van der Waals surface area contributed by atoms with E-state index in [1.165, 1.54) is 0 Å². The van der Waals surface area contributed by atoms with Crippen LogP contribution in [0.3, 0.4) is 0 Å². The highest BCUT2D eigenvalue weighted by Crippen LogP contribution is 2.24. The number of nitrogens with two attached hydrogens (primary N) is 1. The molecule has 2 heterocycles. The van der Waals surface area contributed by atoms with Crippen molar-refractivity contribution in [3.8, 4) is 0 Å². The average Bonchev–Trinajstić information content (AvgIpc) is 2.89. The van der Waals surface area contributed by atoms with Crippen LogP contribution < -0.4 is 16.0 Å². The van der Waals surface area contributed by atoms with Crippen LogP contribution in [-0.4, -0.2) is 33.4 Å². The summed E-state index contributed by atoms with van der Waals surface area (Å²) in [7, 11) is 0. The van der Waals surface area contributed by atoms with Crippen LogP contribution in [-0.2, 0) is 4.79 Å². The minimum Gasteiger partial charge on any atom is -0.378 e. The van der Waals surface area contributed by atoms with Crippen LogP contribution >= 0.6 is 0 Å². The third-order valence-electron chi connectivity index (χ3n) is 3.57. The molecule has 0 bridgehead atoms. The molecule has 0 radical (unpaired) electrons. The molecule has 1 aromatic carbocycles. The van der Waals surface area contributed by atoms with Crippen LogP contribution in [0.4, 0.5) is 23.1 Å². The van der Waals surface area contributed by atoms with Gasteiger partial charge in [0.15, 0.2) is 0 Å². The molecule has 1 aromatic heterocycles. The van der Waals surface area contributed by atoms with E-state index in [1.54, 1.807) is 4.90 Å². The largest absolute Gasteiger partial charge is 0.378 e.